The second kappa shape index (κ2) is 24.2. The van der Waals surface area contributed by atoms with Crippen LogP contribution in [0.5, 0.6) is 5.75 Å². The first-order valence-corrected chi connectivity index (χ1v) is 23.8. The summed E-state index contributed by atoms with van der Waals surface area (Å²) in [6.45, 7) is 3.47. The second-order valence-electron chi connectivity index (χ2n) is 14.5. The van der Waals surface area contributed by atoms with Crippen LogP contribution in [0.3, 0.4) is 0 Å². The number of hydrogen-bond acceptors (Lipinski definition) is 9. The number of carbonyl (C=O) groups excluding carboxylic acids is 4. The maximum absolute atomic E-state index is 14.4. The van der Waals surface area contributed by atoms with Crippen molar-refractivity contribution in [1.82, 2.24) is 5.32 Å². The van der Waals surface area contributed by atoms with Crippen molar-refractivity contribution in [3.05, 3.63) is 79.2 Å². The number of phenols is 1. The number of rotatable bonds is 22. The predicted octanol–water partition coefficient (Wildman–Crippen LogP) is 10.9. The highest BCUT2D eigenvalue weighted by Gasteiger charge is 2.47. The molecule has 4 rings (SSSR count). The molecular formula is C42H50Cl5N5O8S. The Kier molecular flexibility index (Phi) is 19.7. The SMILES string of the molecule is CCCCCCCCCCCCCCCCS(=O)(=O)Nc1cccc(C(=O)NC2=NN(c3c(Cl)cc(Cl)cc3Cl)C(=O)C2N(C(=O)C(=O)OCC)c2cc(Cl)c(O)c(Cl)c2)c1. The van der Waals surface area contributed by atoms with Crippen LogP contribution in [0.25, 0.3) is 0 Å². The van der Waals surface area contributed by atoms with E-state index in [1.807, 2.05) is 0 Å². The van der Waals surface area contributed by atoms with Gasteiger partial charge in [0, 0.05) is 22.0 Å². The number of aromatic hydroxyl groups is 1. The summed E-state index contributed by atoms with van der Waals surface area (Å²) in [5.74, 6) is -5.87. The van der Waals surface area contributed by atoms with E-state index < -0.39 is 51.3 Å². The molecule has 1 unspecified atom stereocenters. The number of amides is 3. The van der Waals surface area contributed by atoms with Gasteiger partial charge in [0.25, 0.3) is 11.8 Å². The van der Waals surface area contributed by atoms with Crippen molar-refractivity contribution in [1.29, 1.82) is 0 Å². The zero-order valence-electron chi connectivity index (χ0n) is 34.0. The fourth-order valence-electron chi connectivity index (χ4n) is 6.66. The molecule has 1 aliphatic rings. The number of sulfonamides is 1. The summed E-state index contributed by atoms with van der Waals surface area (Å²) in [6, 6.07) is 8.37. The molecule has 0 spiro atoms. The van der Waals surface area contributed by atoms with Gasteiger partial charge < -0.3 is 15.2 Å². The third-order valence-electron chi connectivity index (χ3n) is 9.72. The average Bonchev–Trinajstić information content (AvgIpc) is 3.50. The molecule has 1 aliphatic heterocycles. The third kappa shape index (κ3) is 14.4. The summed E-state index contributed by atoms with van der Waals surface area (Å²) in [5.41, 5.74) is -0.401. The summed E-state index contributed by atoms with van der Waals surface area (Å²) in [5, 5.41) is 17.0. The molecule has 1 atom stereocenters. The van der Waals surface area contributed by atoms with Crippen molar-refractivity contribution in [2.24, 2.45) is 5.10 Å². The van der Waals surface area contributed by atoms with Crippen molar-refractivity contribution in [3.8, 4) is 5.75 Å². The molecule has 0 fully saturated rings. The lowest BCUT2D eigenvalue weighted by atomic mass is 10.0. The lowest BCUT2D eigenvalue weighted by Crippen LogP contribution is -2.56. The van der Waals surface area contributed by atoms with Crippen molar-refractivity contribution < 1.29 is 37.4 Å². The lowest BCUT2D eigenvalue weighted by molar-refractivity contribution is -0.153. The van der Waals surface area contributed by atoms with Crippen LogP contribution >= 0.6 is 58.0 Å². The zero-order chi connectivity index (χ0) is 44.7. The van der Waals surface area contributed by atoms with Crippen LogP contribution in [-0.4, -0.2) is 61.5 Å². The smallest absolute Gasteiger partial charge is 0.397 e. The van der Waals surface area contributed by atoms with E-state index in [-0.39, 0.29) is 60.1 Å². The summed E-state index contributed by atoms with van der Waals surface area (Å²) in [6.07, 6.45) is 15.9. The molecule has 0 bridgehead atoms. The van der Waals surface area contributed by atoms with E-state index in [0.717, 1.165) is 42.8 Å². The lowest BCUT2D eigenvalue weighted by Gasteiger charge is -2.28. The van der Waals surface area contributed by atoms with Gasteiger partial charge in [0.1, 0.15) is 5.69 Å². The van der Waals surface area contributed by atoms with Crippen LogP contribution < -0.4 is 19.9 Å². The highest BCUT2D eigenvalue weighted by molar-refractivity contribution is 7.92. The normalized spacial score (nSPS) is 13.9. The molecule has 61 heavy (non-hydrogen) atoms. The van der Waals surface area contributed by atoms with Crippen LogP contribution in [0.1, 0.15) is 114 Å². The van der Waals surface area contributed by atoms with Crippen molar-refractivity contribution in [3.63, 3.8) is 0 Å². The molecule has 332 valence electrons. The molecule has 1 heterocycles. The van der Waals surface area contributed by atoms with E-state index in [1.54, 1.807) is 0 Å². The molecule has 0 aliphatic carbocycles. The van der Waals surface area contributed by atoms with E-state index >= 15 is 0 Å². The van der Waals surface area contributed by atoms with Gasteiger partial charge in [-0.3, -0.25) is 24.0 Å². The summed E-state index contributed by atoms with van der Waals surface area (Å²) < 4.78 is 33.5. The van der Waals surface area contributed by atoms with Gasteiger partial charge in [0.2, 0.25) is 10.0 Å². The maximum atomic E-state index is 14.4. The number of nitrogens with one attached hydrogen (secondary N) is 2. The first kappa shape index (κ1) is 49.9. The minimum absolute atomic E-state index is 0.0643. The topological polar surface area (TPSA) is 175 Å². The minimum atomic E-state index is -3.77. The number of ether oxygens (including phenoxy) is 1. The van der Waals surface area contributed by atoms with Crippen molar-refractivity contribution in [2.45, 2.75) is 110 Å². The van der Waals surface area contributed by atoms with Gasteiger partial charge in [-0.15, -0.1) is 5.10 Å². The molecule has 0 aromatic heterocycles. The molecule has 3 N–H and O–H groups in total. The van der Waals surface area contributed by atoms with Crippen LogP contribution in [-0.2, 0) is 29.1 Å². The fraction of sp³-hybridized carbons (Fsp3) is 0.452. The fourth-order valence-corrected chi connectivity index (χ4v) is 9.29. The molecule has 13 nitrogen and oxygen atoms in total. The van der Waals surface area contributed by atoms with Gasteiger partial charge >= 0.3 is 11.9 Å². The number of nitrogens with zero attached hydrogens (tertiary/aromatic N) is 3. The van der Waals surface area contributed by atoms with Gasteiger partial charge in [-0.05, 0) is 55.8 Å². The van der Waals surface area contributed by atoms with E-state index in [4.69, 9.17) is 62.7 Å². The number of anilines is 3. The molecule has 19 heteroatoms. The molecule has 3 aromatic carbocycles. The monoisotopic (exact) mass is 959 g/mol. The van der Waals surface area contributed by atoms with Crippen molar-refractivity contribution >= 4 is 115 Å². The van der Waals surface area contributed by atoms with Gasteiger partial charge in [-0.2, -0.15) is 5.01 Å². The first-order valence-electron chi connectivity index (χ1n) is 20.3. The van der Waals surface area contributed by atoms with Gasteiger partial charge in [0.15, 0.2) is 17.6 Å². The Morgan fingerprint density at radius 2 is 1.33 bits per heavy atom. The Balaban J connectivity index is 1.50. The highest BCUT2D eigenvalue weighted by Crippen LogP contribution is 2.41. The predicted molar refractivity (Wildman–Crippen MR) is 244 cm³/mol. The van der Waals surface area contributed by atoms with E-state index in [2.05, 4.69) is 22.1 Å². The van der Waals surface area contributed by atoms with Crippen LogP contribution in [0.15, 0.2) is 53.6 Å². The van der Waals surface area contributed by atoms with Crippen LogP contribution in [0.2, 0.25) is 25.1 Å². The first-order chi connectivity index (χ1) is 29.1. The zero-order valence-corrected chi connectivity index (χ0v) is 38.6. The molecule has 0 saturated carbocycles. The Bertz CT molecular complexity index is 2150. The Hall–Kier alpha value is -3.79. The average molecular weight is 962 g/mol. The molecule has 3 amide bonds. The van der Waals surface area contributed by atoms with E-state index in [1.165, 1.54) is 101 Å². The van der Waals surface area contributed by atoms with E-state index in [9.17, 15) is 32.7 Å². The molecule has 0 saturated heterocycles. The number of carbonyl (C=O) groups is 4. The number of hydrogen-bond donors (Lipinski definition) is 3. The van der Waals surface area contributed by atoms with Crippen molar-refractivity contribution in [2.75, 3.05) is 27.0 Å². The maximum Gasteiger partial charge on any atom is 0.397 e. The Morgan fingerprint density at radius 3 is 1.87 bits per heavy atom. The number of unbranched alkanes of at least 4 members (excludes halogenated alkanes) is 13. The molecule has 0 radical (unpaired) electrons. The largest absolute Gasteiger partial charge is 0.505 e. The number of esters is 1. The van der Waals surface area contributed by atoms with Crippen LogP contribution in [0.4, 0.5) is 17.1 Å². The quantitative estimate of drug-likeness (QED) is 0.0507. The Morgan fingerprint density at radius 1 is 0.787 bits per heavy atom. The number of amidine groups is 1. The molecule has 3 aromatic rings. The van der Waals surface area contributed by atoms with Gasteiger partial charge in [0.05, 0.1) is 32.5 Å². The van der Waals surface area contributed by atoms with Crippen LogP contribution in [0, 0.1) is 0 Å². The standard InChI is InChI=1S/C42H50Cl5N5O8S/c1-3-5-6-7-8-9-10-11-12-13-14-15-16-17-21-61(58,59)50-29-20-18-19-27(22-29)39(54)48-38-36(40(55)52(49-38)35-31(44)23-28(43)24-32(35)45)51(41(56)42(57)60-4-2)30-25-33(46)37(53)34(47)26-30/h18-20,22-26,36,50,53H,3-17,21H2,1-2H3,(H,48,49,54). The number of hydrazone groups is 1. The van der Waals surface area contributed by atoms with E-state index in [0.29, 0.717) is 11.3 Å². The summed E-state index contributed by atoms with van der Waals surface area (Å²) in [4.78, 5) is 55.7. The second-order valence-corrected chi connectivity index (χ2v) is 18.4. The van der Waals surface area contributed by atoms with Gasteiger partial charge in [-0.25, -0.2) is 13.2 Å². The summed E-state index contributed by atoms with van der Waals surface area (Å²) in [7, 11) is -3.77. The van der Waals surface area contributed by atoms with Gasteiger partial charge in [-0.1, -0.05) is 154 Å². The molecular weight excluding hydrogens is 912 g/mol. The third-order valence-corrected chi connectivity index (χ3v) is 12.5. The number of benzene rings is 3. The summed E-state index contributed by atoms with van der Waals surface area (Å²) >= 11 is 31.4. The number of halogens is 5. The minimum Gasteiger partial charge on any atom is -0.505 e. The number of phenolic OH excluding ortho intramolecular Hbond substituents is 1. The highest BCUT2D eigenvalue weighted by atomic mass is 35.5. The Labute approximate surface area is 382 Å².